The molecular formula is C21H18N2O4. The van der Waals surface area contributed by atoms with Crippen molar-refractivity contribution in [3.05, 3.63) is 60.4 Å². The van der Waals surface area contributed by atoms with Crippen LogP contribution in [0.25, 0.3) is 22.2 Å². The second-order valence-corrected chi connectivity index (χ2v) is 6.01. The Morgan fingerprint density at radius 3 is 2.37 bits per heavy atom. The molecule has 0 aliphatic rings. The van der Waals surface area contributed by atoms with Gasteiger partial charge < -0.3 is 18.7 Å². The predicted molar refractivity (Wildman–Crippen MR) is 102 cm³/mol. The molecule has 0 aliphatic carbocycles. The van der Waals surface area contributed by atoms with Crippen molar-refractivity contribution < 1.29 is 18.7 Å². The van der Waals surface area contributed by atoms with Crippen LogP contribution in [-0.2, 0) is 0 Å². The van der Waals surface area contributed by atoms with E-state index in [9.17, 15) is 0 Å². The average molecular weight is 362 g/mol. The number of aryl methyl sites for hydroxylation is 1. The molecule has 6 nitrogen and oxygen atoms in total. The Balaban J connectivity index is 1.83. The van der Waals surface area contributed by atoms with Crippen LogP contribution in [0.2, 0.25) is 0 Å². The van der Waals surface area contributed by atoms with Crippen LogP contribution in [0.5, 0.6) is 23.0 Å². The molecule has 0 saturated heterocycles. The van der Waals surface area contributed by atoms with Gasteiger partial charge in [0.2, 0.25) is 0 Å². The van der Waals surface area contributed by atoms with E-state index in [-0.39, 0.29) is 0 Å². The summed E-state index contributed by atoms with van der Waals surface area (Å²) in [6.45, 7) is 2.02. The zero-order chi connectivity index (χ0) is 18.8. The van der Waals surface area contributed by atoms with E-state index in [0.717, 1.165) is 22.0 Å². The molecule has 0 radical (unpaired) electrons. The van der Waals surface area contributed by atoms with Gasteiger partial charge in [-0.25, -0.2) is 0 Å². The van der Waals surface area contributed by atoms with Crippen LogP contribution in [0.3, 0.4) is 0 Å². The summed E-state index contributed by atoms with van der Waals surface area (Å²) in [4.78, 5) is 4.41. The van der Waals surface area contributed by atoms with E-state index in [0.29, 0.717) is 28.8 Å². The first-order valence-corrected chi connectivity index (χ1v) is 8.40. The topological polar surface area (TPSA) is 66.6 Å². The number of fused-ring (bicyclic) bond motifs is 1. The van der Waals surface area contributed by atoms with Gasteiger partial charge in [-0.15, -0.1) is 0 Å². The Labute approximate surface area is 156 Å². The molecule has 2 aromatic heterocycles. The largest absolute Gasteiger partial charge is 0.493 e. The normalized spacial score (nSPS) is 10.8. The van der Waals surface area contributed by atoms with E-state index in [2.05, 4.69) is 10.1 Å². The number of aromatic nitrogens is 2. The fourth-order valence-corrected chi connectivity index (χ4v) is 2.94. The number of ether oxygens (including phenoxy) is 3. The Kier molecular flexibility index (Phi) is 4.38. The minimum absolute atomic E-state index is 0.613. The Hall–Kier alpha value is -3.54. The fourth-order valence-electron chi connectivity index (χ4n) is 2.94. The van der Waals surface area contributed by atoms with Crippen LogP contribution in [0, 0.1) is 6.92 Å². The van der Waals surface area contributed by atoms with Gasteiger partial charge in [0.15, 0.2) is 17.3 Å². The van der Waals surface area contributed by atoms with E-state index in [1.165, 1.54) is 0 Å². The maximum atomic E-state index is 6.25. The Morgan fingerprint density at radius 2 is 1.63 bits per heavy atom. The molecule has 0 spiro atoms. The summed E-state index contributed by atoms with van der Waals surface area (Å²) in [5.74, 6) is 3.20. The van der Waals surface area contributed by atoms with Crippen molar-refractivity contribution in [3.8, 4) is 34.3 Å². The van der Waals surface area contributed by atoms with Gasteiger partial charge in [-0.3, -0.25) is 4.98 Å². The second kappa shape index (κ2) is 6.99. The molecule has 0 amide bonds. The zero-order valence-corrected chi connectivity index (χ0v) is 15.2. The van der Waals surface area contributed by atoms with Crippen molar-refractivity contribution in [2.45, 2.75) is 6.92 Å². The molecule has 0 bridgehead atoms. The molecular weight excluding hydrogens is 344 g/mol. The highest BCUT2D eigenvalue weighted by Crippen LogP contribution is 2.39. The van der Waals surface area contributed by atoms with E-state index in [1.807, 2.05) is 43.3 Å². The van der Waals surface area contributed by atoms with Gasteiger partial charge >= 0.3 is 0 Å². The highest BCUT2D eigenvalue weighted by atomic mass is 16.5. The average Bonchev–Trinajstić information content (AvgIpc) is 3.23. The summed E-state index contributed by atoms with van der Waals surface area (Å²) in [5.41, 5.74) is 2.68. The number of rotatable bonds is 5. The van der Waals surface area contributed by atoms with Gasteiger partial charge in [-0.05, 0) is 31.2 Å². The van der Waals surface area contributed by atoms with E-state index >= 15 is 0 Å². The number of hydrogen-bond donors (Lipinski definition) is 0. The summed E-state index contributed by atoms with van der Waals surface area (Å²) in [5, 5.41) is 4.62. The van der Waals surface area contributed by atoms with Crippen molar-refractivity contribution in [1.29, 1.82) is 0 Å². The van der Waals surface area contributed by atoms with E-state index in [1.54, 1.807) is 32.7 Å². The third-order valence-corrected chi connectivity index (χ3v) is 4.27. The minimum Gasteiger partial charge on any atom is -0.493 e. The van der Waals surface area contributed by atoms with E-state index in [4.69, 9.17) is 18.7 Å². The van der Waals surface area contributed by atoms with Crippen LogP contribution in [0.15, 0.2) is 59.4 Å². The lowest BCUT2D eigenvalue weighted by molar-refractivity contribution is 0.355. The smallest absolute Gasteiger partial charge is 0.170 e. The second-order valence-electron chi connectivity index (χ2n) is 6.01. The number of benzene rings is 2. The maximum Gasteiger partial charge on any atom is 0.170 e. The molecule has 0 N–H and O–H groups in total. The van der Waals surface area contributed by atoms with Crippen LogP contribution in [0.4, 0.5) is 0 Å². The number of methoxy groups -OCH3 is 2. The zero-order valence-electron chi connectivity index (χ0n) is 15.2. The van der Waals surface area contributed by atoms with Gasteiger partial charge in [-0.1, -0.05) is 16.8 Å². The minimum atomic E-state index is 0.613. The van der Waals surface area contributed by atoms with Crippen molar-refractivity contribution in [3.63, 3.8) is 0 Å². The molecule has 0 atom stereocenters. The van der Waals surface area contributed by atoms with Gasteiger partial charge in [0.25, 0.3) is 0 Å². The fraction of sp³-hybridized carbons (Fsp3) is 0.143. The van der Waals surface area contributed by atoms with Crippen LogP contribution < -0.4 is 14.2 Å². The summed E-state index contributed by atoms with van der Waals surface area (Å²) >= 11 is 0. The maximum absolute atomic E-state index is 6.25. The molecule has 136 valence electrons. The van der Waals surface area contributed by atoms with Gasteiger partial charge in [-0.2, -0.15) is 0 Å². The highest BCUT2D eigenvalue weighted by molar-refractivity contribution is 5.88. The summed E-state index contributed by atoms with van der Waals surface area (Å²) in [6, 6.07) is 13.2. The molecule has 0 unspecified atom stereocenters. The number of hydrogen-bond acceptors (Lipinski definition) is 6. The first kappa shape index (κ1) is 16.9. The van der Waals surface area contributed by atoms with E-state index < -0.39 is 0 Å². The quantitative estimate of drug-likeness (QED) is 0.497. The lowest BCUT2D eigenvalue weighted by atomic mass is 10.1. The molecule has 4 rings (SSSR count). The van der Waals surface area contributed by atoms with Crippen molar-refractivity contribution in [2.75, 3.05) is 14.2 Å². The molecule has 6 heteroatoms. The number of pyridine rings is 1. The monoisotopic (exact) mass is 362 g/mol. The Bertz CT molecular complexity index is 1090. The summed E-state index contributed by atoms with van der Waals surface area (Å²) in [6.07, 6.45) is 3.31. The predicted octanol–water partition coefficient (Wildman–Crippen LogP) is 5.01. The summed E-state index contributed by atoms with van der Waals surface area (Å²) < 4.78 is 22.4. The lowest BCUT2D eigenvalue weighted by Crippen LogP contribution is -1.94. The van der Waals surface area contributed by atoms with Crippen LogP contribution in [-0.4, -0.2) is 24.4 Å². The van der Waals surface area contributed by atoms with Crippen LogP contribution >= 0.6 is 0 Å². The third-order valence-electron chi connectivity index (χ3n) is 4.27. The number of nitrogens with zero attached hydrogens (tertiary/aromatic N) is 2. The van der Waals surface area contributed by atoms with Crippen molar-refractivity contribution in [1.82, 2.24) is 10.1 Å². The molecule has 0 fully saturated rings. The standard InChI is InChI=1S/C21H18N2O4/c1-13-4-5-17(15(10-13)19-7-9-23-27-19)26-18-6-8-22-16-12-21(25-3)20(24-2)11-14(16)18/h4-12H,1-3H3. The molecule has 0 aliphatic heterocycles. The van der Waals surface area contributed by atoms with Crippen LogP contribution in [0.1, 0.15) is 5.56 Å². The van der Waals surface area contributed by atoms with Gasteiger partial charge in [0, 0.05) is 23.7 Å². The van der Waals surface area contributed by atoms with Gasteiger partial charge in [0.05, 0.1) is 31.5 Å². The lowest BCUT2D eigenvalue weighted by Gasteiger charge is -2.14. The molecule has 2 heterocycles. The first-order chi connectivity index (χ1) is 13.2. The van der Waals surface area contributed by atoms with Gasteiger partial charge in [0.1, 0.15) is 11.5 Å². The van der Waals surface area contributed by atoms with Crippen molar-refractivity contribution >= 4 is 10.9 Å². The molecule has 2 aromatic carbocycles. The first-order valence-electron chi connectivity index (χ1n) is 8.40. The molecule has 0 saturated carbocycles. The Morgan fingerprint density at radius 1 is 0.815 bits per heavy atom. The third kappa shape index (κ3) is 3.17. The SMILES string of the molecule is COc1cc2nccc(Oc3ccc(C)cc3-c3ccno3)c2cc1OC. The molecule has 4 aromatic rings. The summed E-state index contributed by atoms with van der Waals surface area (Å²) in [7, 11) is 3.20. The molecule has 27 heavy (non-hydrogen) atoms. The van der Waals surface area contributed by atoms with Crippen molar-refractivity contribution in [2.24, 2.45) is 0 Å². The highest BCUT2D eigenvalue weighted by Gasteiger charge is 2.15.